The van der Waals surface area contributed by atoms with E-state index >= 15 is 0 Å². The molecule has 0 unspecified atom stereocenters. The van der Waals surface area contributed by atoms with E-state index in [0.29, 0.717) is 12.1 Å². The minimum absolute atomic E-state index is 0.604. The molecule has 0 amide bonds. The molecule has 0 saturated carbocycles. The predicted octanol–water partition coefficient (Wildman–Crippen LogP) is 14.9. The SMILES string of the molecule is C=NC.Cc1cccc2sc3ccccc3c12.N=C(Cc1ccccc1)c1cccc(-c2cccc3oc4ccc(-c5ccccc5-c5ccccc5)cc4c23)c1. The van der Waals surface area contributed by atoms with Crippen LogP contribution in [0.1, 0.15) is 16.7 Å². The minimum Gasteiger partial charge on any atom is -0.456 e. The van der Waals surface area contributed by atoms with Gasteiger partial charge in [-0.1, -0.05) is 152 Å². The normalized spacial score (nSPS) is 10.8. The lowest BCUT2D eigenvalue weighted by molar-refractivity contribution is 0.669. The molecule has 0 bridgehead atoms. The van der Waals surface area contributed by atoms with Crippen molar-refractivity contribution in [2.45, 2.75) is 13.3 Å². The highest BCUT2D eigenvalue weighted by molar-refractivity contribution is 7.25. The van der Waals surface area contributed by atoms with Crippen LogP contribution in [0.2, 0.25) is 0 Å². The fourth-order valence-corrected chi connectivity index (χ4v) is 8.75. The third-order valence-electron chi connectivity index (χ3n) is 10.2. The van der Waals surface area contributed by atoms with Crippen molar-refractivity contribution in [2.75, 3.05) is 7.05 Å². The number of fused-ring (bicyclic) bond motifs is 6. The number of aryl methyl sites for hydroxylation is 1. The Balaban J connectivity index is 0.000000222. The van der Waals surface area contributed by atoms with Crippen LogP contribution in [0.4, 0.5) is 0 Å². The molecule has 57 heavy (non-hydrogen) atoms. The Labute approximate surface area is 337 Å². The van der Waals surface area contributed by atoms with Gasteiger partial charge in [0.15, 0.2) is 0 Å². The summed E-state index contributed by atoms with van der Waals surface area (Å²) in [5.74, 6) is 0. The maximum absolute atomic E-state index is 8.79. The molecule has 0 aliphatic rings. The smallest absolute Gasteiger partial charge is 0.136 e. The van der Waals surface area contributed by atoms with Gasteiger partial charge < -0.3 is 14.8 Å². The first-order chi connectivity index (χ1) is 28.0. The molecule has 0 atom stereocenters. The Morgan fingerprint density at radius 3 is 1.93 bits per heavy atom. The zero-order chi connectivity index (χ0) is 39.1. The average molecular weight is 755 g/mol. The number of furan rings is 1. The van der Waals surface area contributed by atoms with Crippen molar-refractivity contribution in [3.63, 3.8) is 0 Å². The summed E-state index contributed by atoms with van der Waals surface area (Å²) in [6.07, 6.45) is 0.604. The number of rotatable bonds is 6. The predicted molar refractivity (Wildman–Crippen MR) is 247 cm³/mol. The van der Waals surface area contributed by atoms with E-state index in [4.69, 9.17) is 9.83 Å². The highest BCUT2D eigenvalue weighted by Gasteiger charge is 2.16. The largest absolute Gasteiger partial charge is 0.456 e. The van der Waals surface area contributed by atoms with E-state index in [2.05, 4.69) is 164 Å². The van der Waals surface area contributed by atoms with Gasteiger partial charge in [0.25, 0.3) is 0 Å². The van der Waals surface area contributed by atoms with E-state index in [1.807, 2.05) is 53.8 Å². The molecule has 0 aliphatic carbocycles. The Bertz CT molecular complexity index is 2990. The first-order valence-corrected chi connectivity index (χ1v) is 19.9. The van der Waals surface area contributed by atoms with Crippen molar-refractivity contribution in [2.24, 2.45) is 4.99 Å². The molecule has 0 saturated heterocycles. The molecule has 0 fully saturated rings. The van der Waals surface area contributed by atoms with E-state index in [9.17, 15) is 0 Å². The van der Waals surface area contributed by atoms with Gasteiger partial charge in [-0.2, -0.15) is 0 Å². The van der Waals surface area contributed by atoms with Crippen LogP contribution in [0.25, 0.3) is 75.5 Å². The van der Waals surface area contributed by atoms with Crippen LogP contribution in [0.5, 0.6) is 0 Å². The van der Waals surface area contributed by atoms with Gasteiger partial charge in [0.05, 0.1) is 0 Å². The summed E-state index contributed by atoms with van der Waals surface area (Å²) in [5.41, 5.74) is 12.7. The summed E-state index contributed by atoms with van der Waals surface area (Å²) in [5, 5.41) is 13.8. The van der Waals surface area contributed by atoms with Crippen LogP contribution in [0.15, 0.2) is 197 Å². The third-order valence-corrected chi connectivity index (χ3v) is 11.3. The molecule has 0 radical (unpaired) electrons. The van der Waals surface area contributed by atoms with Crippen molar-refractivity contribution in [3.8, 4) is 33.4 Å². The maximum Gasteiger partial charge on any atom is 0.136 e. The molecular formula is C53H42N2OS. The van der Waals surface area contributed by atoms with E-state index in [0.717, 1.165) is 49.8 Å². The molecule has 0 spiro atoms. The fraction of sp³-hybridized carbons (Fsp3) is 0.0566. The zero-order valence-electron chi connectivity index (χ0n) is 32.1. The second kappa shape index (κ2) is 16.9. The monoisotopic (exact) mass is 754 g/mol. The van der Waals surface area contributed by atoms with Crippen molar-refractivity contribution in [1.82, 2.24) is 0 Å². The summed E-state index contributed by atoms with van der Waals surface area (Å²) in [4.78, 5) is 3.25. The molecule has 0 aliphatic heterocycles. The lowest BCUT2D eigenvalue weighted by Crippen LogP contribution is -2.03. The average Bonchev–Trinajstić information content (AvgIpc) is 3.84. The van der Waals surface area contributed by atoms with Crippen LogP contribution >= 0.6 is 11.3 Å². The van der Waals surface area contributed by atoms with Crippen LogP contribution < -0.4 is 0 Å². The van der Waals surface area contributed by atoms with Crippen molar-refractivity contribution in [3.05, 3.63) is 205 Å². The van der Waals surface area contributed by atoms with Crippen LogP contribution in [-0.4, -0.2) is 19.5 Å². The Hall–Kier alpha value is -6.88. The second-order valence-electron chi connectivity index (χ2n) is 14.0. The van der Waals surface area contributed by atoms with Gasteiger partial charge in [-0.3, -0.25) is 0 Å². The number of nitrogens with one attached hydrogen (secondary N) is 1. The Kier molecular flexibility index (Phi) is 11.0. The molecule has 4 heteroatoms. The fourth-order valence-electron chi connectivity index (χ4n) is 7.57. The highest BCUT2D eigenvalue weighted by Crippen LogP contribution is 2.40. The van der Waals surface area contributed by atoms with E-state index in [-0.39, 0.29) is 0 Å². The zero-order valence-corrected chi connectivity index (χ0v) is 32.9. The van der Waals surface area contributed by atoms with Gasteiger partial charge in [-0.05, 0) is 100 Å². The summed E-state index contributed by atoms with van der Waals surface area (Å²) >= 11 is 1.88. The van der Waals surface area contributed by atoms with Crippen LogP contribution in [0, 0.1) is 12.3 Å². The number of thiophene rings is 1. The maximum atomic E-state index is 8.79. The second-order valence-corrected chi connectivity index (χ2v) is 15.1. The van der Waals surface area contributed by atoms with Gasteiger partial charge in [0, 0.05) is 50.1 Å². The van der Waals surface area contributed by atoms with Gasteiger partial charge in [0.1, 0.15) is 11.2 Å². The van der Waals surface area contributed by atoms with Crippen molar-refractivity contribution >= 4 is 65.9 Å². The molecule has 10 rings (SSSR count). The van der Waals surface area contributed by atoms with Gasteiger partial charge in [-0.15, -0.1) is 11.3 Å². The molecule has 3 nitrogen and oxygen atoms in total. The molecule has 8 aromatic carbocycles. The minimum atomic E-state index is 0.604. The van der Waals surface area contributed by atoms with Gasteiger partial charge in [0.2, 0.25) is 0 Å². The number of nitrogens with zero attached hydrogens (tertiary/aromatic N) is 1. The van der Waals surface area contributed by atoms with E-state index < -0.39 is 0 Å². The molecule has 1 N–H and O–H groups in total. The number of hydrogen-bond donors (Lipinski definition) is 1. The lowest BCUT2D eigenvalue weighted by Gasteiger charge is -2.11. The molecule has 276 valence electrons. The lowest BCUT2D eigenvalue weighted by atomic mass is 9.92. The summed E-state index contributed by atoms with van der Waals surface area (Å²) in [7, 11) is 1.64. The van der Waals surface area contributed by atoms with Crippen LogP contribution in [0.3, 0.4) is 0 Å². The Morgan fingerprint density at radius 2 is 1.14 bits per heavy atom. The number of hydrogen-bond acceptors (Lipinski definition) is 4. The topological polar surface area (TPSA) is 49.4 Å². The molecular weight excluding hydrogens is 713 g/mol. The Morgan fingerprint density at radius 1 is 0.544 bits per heavy atom. The summed E-state index contributed by atoms with van der Waals surface area (Å²) in [6, 6.07) is 65.5. The van der Waals surface area contributed by atoms with Crippen molar-refractivity contribution < 1.29 is 4.42 Å². The van der Waals surface area contributed by atoms with E-state index in [1.165, 1.54) is 42.4 Å². The number of benzene rings is 8. The quantitative estimate of drug-likeness (QED) is 0.169. The molecule has 2 aromatic heterocycles. The first kappa shape index (κ1) is 37.1. The van der Waals surface area contributed by atoms with Crippen LogP contribution in [-0.2, 0) is 6.42 Å². The summed E-state index contributed by atoms with van der Waals surface area (Å²) < 4.78 is 9.12. The van der Waals surface area contributed by atoms with Crippen molar-refractivity contribution in [1.29, 1.82) is 5.41 Å². The first-order valence-electron chi connectivity index (χ1n) is 19.1. The standard InChI is InChI=1S/C38H27NO.C13H10S.C2H5N/c39-35(23-26-11-3-1-4-12-26)30-16-9-15-28(24-30)33-19-10-20-37-38(33)34-25-29(21-22-36(34)40-37)32-18-8-7-17-31(32)27-13-5-2-6-14-27;1-9-5-4-8-12-13(9)10-6-2-3-7-11(10)14-12;1-3-2/h1-22,24-25,39H,23H2;2-8H,1H3;1H2,2H3. The van der Waals surface area contributed by atoms with Gasteiger partial charge >= 0.3 is 0 Å². The molecule has 2 heterocycles. The highest BCUT2D eigenvalue weighted by atomic mass is 32.1. The van der Waals surface area contributed by atoms with Gasteiger partial charge in [-0.25, -0.2) is 0 Å². The third kappa shape index (κ3) is 7.82. The summed E-state index contributed by atoms with van der Waals surface area (Å²) in [6.45, 7) is 5.29. The number of aliphatic imine (C=N–C) groups is 1. The molecule has 10 aromatic rings. The van der Waals surface area contributed by atoms with E-state index in [1.54, 1.807) is 7.05 Å².